The number of nitrogens with zero attached hydrogens (tertiary/aromatic N) is 1. The summed E-state index contributed by atoms with van der Waals surface area (Å²) >= 11 is 0. The van der Waals surface area contributed by atoms with E-state index in [1.54, 1.807) is 0 Å². The SMILES string of the molecule is CCCCCCCCC(CCCCCCCC)OC(=O)CCCC(=O)OCC(COC(=O)CCCCCCCC(=O)OCCC)COC(=O)OCCC1CCCN1C. The molecule has 0 aromatic heterocycles. The largest absolute Gasteiger partial charge is 0.508 e. The molecule has 0 spiro atoms. The minimum absolute atomic E-state index is 0.0412. The first-order chi connectivity index (χ1) is 28.2. The Labute approximate surface area is 351 Å². The molecular weight excluding hydrogens is 743 g/mol. The lowest BCUT2D eigenvalue weighted by Gasteiger charge is -2.19. The number of carbonyl (C=O) groups excluding carboxylic acids is 5. The summed E-state index contributed by atoms with van der Waals surface area (Å²) in [6.45, 7) is 7.78. The average Bonchev–Trinajstić information content (AvgIpc) is 3.62. The zero-order valence-electron chi connectivity index (χ0n) is 37.2. The highest BCUT2D eigenvalue weighted by atomic mass is 16.7. The Morgan fingerprint density at radius 1 is 0.517 bits per heavy atom. The number of carbonyl (C=O) groups is 5. The van der Waals surface area contributed by atoms with Crippen LogP contribution in [-0.4, -0.2) is 93.7 Å². The summed E-state index contributed by atoms with van der Waals surface area (Å²) in [4.78, 5) is 64.3. The van der Waals surface area contributed by atoms with E-state index in [0.29, 0.717) is 31.9 Å². The summed E-state index contributed by atoms with van der Waals surface area (Å²) < 4.78 is 32.6. The predicted molar refractivity (Wildman–Crippen MR) is 226 cm³/mol. The van der Waals surface area contributed by atoms with Gasteiger partial charge in [-0.05, 0) is 84.2 Å². The van der Waals surface area contributed by atoms with Crippen LogP contribution in [0.15, 0.2) is 0 Å². The molecule has 0 N–H and O–H groups in total. The van der Waals surface area contributed by atoms with Gasteiger partial charge in [-0.3, -0.25) is 19.2 Å². The lowest BCUT2D eigenvalue weighted by atomic mass is 10.0. The summed E-state index contributed by atoms with van der Waals surface area (Å²) in [6.07, 6.45) is 24.1. The zero-order valence-corrected chi connectivity index (χ0v) is 37.2. The van der Waals surface area contributed by atoms with Gasteiger partial charge in [-0.2, -0.15) is 0 Å². The number of rotatable bonds is 38. The van der Waals surface area contributed by atoms with Crippen molar-refractivity contribution in [1.29, 1.82) is 0 Å². The first-order valence-corrected chi connectivity index (χ1v) is 23.3. The molecule has 1 aliphatic heterocycles. The summed E-state index contributed by atoms with van der Waals surface area (Å²) in [5, 5.41) is 0. The van der Waals surface area contributed by atoms with Gasteiger partial charge >= 0.3 is 30.0 Å². The lowest BCUT2D eigenvalue weighted by Crippen LogP contribution is -2.28. The smallest absolute Gasteiger partial charge is 0.466 e. The minimum atomic E-state index is -0.813. The van der Waals surface area contributed by atoms with Crippen LogP contribution in [0.5, 0.6) is 0 Å². The van der Waals surface area contributed by atoms with E-state index in [9.17, 15) is 24.0 Å². The van der Waals surface area contributed by atoms with Crippen LogP contribution >= 0.6 is 0 Å². The second-order valence-electron chi connectivity index (χ2n) is 16.3. The summed E-state index contributed by atoms with van der Waals surface area (Å²) in [5.41, 5.74) is 0. The summed E-state index contributed by atoms with van der Waals surface area (Å²) in [5.74, 6) is -1.89. The van der Waals surface area contributed by atoms with Crippen molar-refractivity contribution in [3.8, 4) is 0 Å². The average molecular weight is 826 g/mol. The van der Waals surface area contributed by atoms with E-state index >= 15 is 0 Å². The number of hydrogen-bond donors (Lipinski definition) is 0. The molecule has 2 unspecified atom stereocenters. The van der Waals surface area contributed by atoms with Crippen LogP contribution in [0.2, 0.25) is 0 Å². The fourth-order valence-corrected chi connectivity index (χ4v) is 7.11. The van der Waals surface area contributed by atoms with Gasteiger partial charge in [0, 0.05) is 31.7 Å². The Balaban J connectivity index is 2.51. The molecule has 58 heavy (non-hydrogen) atoms. The Bertz CT molecular complexity index is 1050. The Morgan fingerprint density at radius 3 is 1.53 bits per heavy atom. The molecule has 1 fully saturated rings. The highest BCUT2D eigenvalue weighted by Gasteiger charge is 2.22. The molecule has 12 heteroatoms. The van der Waals surface area contributed by atoms with Crippen molar-refractivity contribution in [1.82, 2.24) is 4.90 Å². The van der Waals surface area contributed by atoms with E-state index in [-0.39, 0.29) is 69.7 Å². The van der Waals surface area contributed by atoms with E-state index in [0.717, 1.165) is 96.4 Å². The van der Waals surface area contributed by atoms with Crippen LogP contribution in [0.1, 0.15) is 201 Å². The summed E-state index contributed by atoms with van der Waals surface area (Å²) in [6, 6.07) is 0.382. The van der Waals surface area contributed by atoms with E-state index in [4.69, 9.17) is 28.4 Å². The van der Waals surface area contributed by atoms with E-state index < -0.39 is 18.0 Å². The van der Waals surface area contributed by atoms with Crippen LogP contribution < -0.4 is 0 Å². The first kappa shape index (κ1) is 53.1. The van der Waals surface area contributed by atoms with Crippen molar-refractivity contribution in [2.24, 2.45) is 5.92 Å². The maximum atomic E-state index is 12.8. The van der Waals surface area contributed by atoms with Crippen molar-refractivity contribution < 1.29 is 52.4 Å². The van der Waals surface area contributed by atoms with E-state index in [2.05, 4.69) is 25.8 Å². The molecule has 0 aromatic rings. The van der Waals surface area contributed by atoms with Crippen LogP contribution in [0.3, 0.4) is 0 Å². The normalized spacial score (nSPS) is 14.6. The van der Waals surface area contributed by atoms with Gasteiger partial charge in [0.25, 0.3) is 0 Å². The molecule has 0 bridgehead atoms. The van der Waals surface area contributed by atoms with E-state index in [1.165, 1.54) is 51.4 Å². The molecule has 338 valence electrons. The highest BCUT2D eigenvalue weighted by Crippen LogP contribution is 2.19. The Kier molecular flexibility index (Phi) is 34.0. The monoisotopic (exact) mass is 826 g/mol. The van der Waals surface area contributed by atoms with Crippen molar-refractivity contribution in [2.75, 3.05) is 46.6 Å². The highest BCUT2D eigenvalue weighted by molar-refractivity contribution is 5.72. The number of hydrogen-bond acceptors (Lipinski definition) is 12. The molecular formula is C46H83NO11. The maximum absolute atomic E-state index is 12.8. The van der Waals surface area contributed by atoms with Gasteiger partial charge in [0.05, 0.1) is 19.1 Å². The number of unbranched alkanes of at least 4 members (excludes halogenated alkanes) is 14. The molecule has 1 saturated heterocycles. The molecule has 1 rings (SSSR count). The van der Waals surface area contributed by atoms with Crippen LogP contribution in [0.25, 0.3) is 0 Å². The van der Waals surface area contributed by atoms with Gasteiger partial charge in [0.1, 0.15) is 25.9 Å². The molecule has 12 nitrogen and oxygen atoms in total. The summed E-state index contributed by atoms with van der Waals surface area (Å²) in [7, 11) is 2.07. The molecule has 0 saturated carbocycles. The zero-order chi connectivity index (χ0) is 42.5. The minimum Gasteiger partial charge on any atom is -0.466 e. The molecule has 0 amide bonds. The van der Waals surface area contributed by atoms with Gasteiger partial charge in [0.15, 0.2) is 0 Å². The van der Waals surface area contributed by atoms with Crippen molar-refractivity contribution in [2.45, 2.75) is 213 Å². The fourth-order valence-electron chi connectivity index (χ4n) is 7.11. The maximum Gasteiger partial charge on any atom is 0.508 e. The molecule has 2 atom stereocenters. The standard InChI is InChI=1S/C46H83NO11/c1-5-8-10-12-15-19-26-41(27-20-16-13-11-9-6-2)58-45(51)31-23-30-44(50)56-37-39(38-57-46(52)54-35-32-40-25-24-33-47(40)4)36-55-43(49)29-22-18-14-17-21-28-42(48)53-34-7-3/h39-41H,5-38H2,1-4H3. The topological polar surface area (TPSA) is 144 Å². The number of esters is 4. The van der Waals surface area contributed by atoms with Gasteiger partial charge in [-0.1, -0.05) is 104 Å². The van der Waals surface area contributed by atoms with Crippen LogP contribution in [-0.2, 0) is 47.6 Å². The van der Waals surface area contributed by atoms with Crippen molar-refractivity contribution in [3.05, 3.63) is 0 Å². The third-order valence-corrected chi connectivity index (χ3v) is 10.8. The first-order valence-electron chi connectivity index (χ1n) is 23.3. The third-order valence-electron chi connectivity index (χ3n) is 10.8. The van der Waals surface area contributed by atoms with Crippen LogP contribution in [0, 0.1) is 5.92 Å². The fraction of sp³-hybridized carbons (Fsp3) is 0.891. The quantitative estimate of drug-likeness (QED) is 0.0332. The molecule has 1 heterocycles. The van der Waals surface area contributed by atoms with Gasteiger partial charge in [-0.25, -0.2) is 4.79 Å². The molecule has 0 aromatic carbocycles. The second kappa shape index (κ2) is 37.1. The third kappa shape index (κ3) is 31.1. The number of likely N-dealkylation sites (tertiary alicyclic amines) is 1. The Morgan fingerprint density at radius 2 is 1.00 bits per heavy atom. The Hall–Kier alpha value is -2.89. The van der Waals surface area contributed by atoms with E-state index in [1.807, 2.05) is 6.92 Å². The number of ether oxygens (including phenoxy) is 6. The predicted octanol–water partition coefficient (Wildman–Crippen LogP) is 10.6. The van der Waals surface area contributed by atoms with Gasteiger partial charge < -0.3 is 33.3 Å². The second-order valence-corrected chi connectivity index (χ2v) is 16.3. The lowest BCUT2D eigenvalue weighted by molar-refractivity contribution is -0.151. The molecule has 0 aliphatic carbocycles. The molecule has 1 aliphatic rings. The van der Waals surface area contributed by atoms with Crippen LogP contribution in [0.4, 0.5) is 4.79 Å². The van der Waals surface area contributed by atoms with Gasteiger partial charge in [-0.15, -0.1) is 0 Å². The van der Waals surface area contributed by atoms with Gasteiger partial charge in [0.2, 0.25) is 0 Å². The molecule has 0 radical (unpaired) electrons. The van der Waals surface area contributed by atoms with Crippen molar-refractivity contribution in [3.63, 3.8) is 0 Å². The van der Waals surface area contributed by atoms with Crippen molar-refractivity contribution >= 4 is 30.0 Å².